The van der Waals surface area contributed by atoms with Crippen molar-refractivity contribution in [3.8, 4) is 0 Å². The van der Waals surface area contributed by atoms with Crippen molar-refractivity contribution in [1.82, 2.24) is 15.3 Å². The van der Waals surface area contributed by atoms with E-state index in [1.807, 2.05) is 6.92 Å². The van der Waals surface area contributed by atoms with Gasteiger partial charge < -0.3 is 15.6 Å². The van der Waals surface area contributed by atoms with E-state index < -0.39 is 0 Å². The van der Waals surface area contributed by atoms with E-state index in [-0.39, 0.29) is 23.8 Å². The maximum atomic E-state index is 12.1. The summed E-state index contributed by atoms with van der Waals surface area (Å²) in [6.45, 7) is 1.86. The molecule has 2 heterocycles. The molecule has 2 amide bonds. The first-order chi connectivity index (χ1) is 10.1. The van der Waals surface area contributed by atoms with Crippen LogP contribution in [-0.4, -0.2) is 21.8 Å². The van der Waals surface area contributed by atoms with Gasteiger partial charge in [0.2, 0.25) is 5.91 Å². The number of rotatable bonds is 5. The predicted molar refractivity (Wildman–Crippen MR) is 80.1 cm³/mol. The van der Waals surface area contributed by atoms with Crippen molar-refractivity contribution < 1.29 is 9.59 Å². The Kier molecular flexibility index (Phi) is 3.74. The predicted octanol–water partition coefficient (Wildman–Crippen LogP) is 2.31. The first kappa shape index (κ1) is 13.8. The summed E-state index contributed by atoms with van der Waals surface area (Å²) >= 11 is 1.28. The minimum absolute atomic E-state index is 0.0489. The SMILES string of the molecule is CC(NC(=O)c1ccc(NC(=O)C2CC2)s1)c1ncc[nH]1. The monoisotopic (exact) mass is 304 g/mol. The van der Waals surface area contributed by atoms with E-state index in [0.717, 1.165) is 12.8 Å². The van der Waals surface area contributed by atoms with Gasteiger partial charge >= 0.3 is 0 Å². The van der Waals surface area contributed by atoms with E-state index in [2.05, 4.69) is 20.6 Å². The Morgan fingerprint density at radius 1 is 1.43 bits per heavy atom. The molecule has 21 heavy (non-hydrogen) atoms. The number of nitrogens with zero attached hydrogens (tertiary/aromatic N) is 1. The highest BCUT2D eigenvalue weighted by molar-refractivity contribution is 7.18. The lowest BCUT2D eigenvalue weighted by molar-refractivity contribution is -0.117. The van der Waals surface area contributed by atoms with Gasteiger partial charge in [-0.1, -0.05) is 0 Å². The molecule has 1 fully saturated rings. The summed E-state index contributed by atoms with van der Waals surface area (Å²) in [7, 11) is 0. The molecule has 1 unspecified atom stereocenters. The summed E-state index contributed by atoms with van der Waals surface area (Å²) in [6.07, 6.45) is 5.29. The fourth-order valence-electron chi connectivity index (χ4n) is 1.95. The second-order valence-corrected chi connectivity index (χ2v) is 6.18. The quantitative estimate of drug-likeness (QED) is 0.792. The number of H-pyrrole nitrogens is 1. The van der Waals surface area contributed by atoms with Crippen molar-refractivity contribution in [3.05, 3.63) is 35.2 Å². The Morgan fingerprint density at radius 3 is 2.90 bits per heavy atom. The third-order valence-electron chi connectivity index (χ3n) is 3.30. The molecular weight excluding hydrogens is 288 g/mol. The van der Waals surface area contributed by atoms with Crippen molar-refractivity contribution >= 4 is 28.2 Å². The number of carbonyl (C=O) groups excluding carboxylic acids is 2. The molecule has 0 bridgehead atoms. The van der Waals surface area contributed by atoms with Crippen molar-refractivity contribution in [3.63, 3.8) is 0 Å². The van der Waals surface area contributed by atoms with E-state index >= 15 is 0 Å². The van der Waals surface area contributed by atoms with Crippen LogP contribution in [0.15, 0.2) is 24.5 Å². The first-order valence-corrected chi connectivity index (χ1v) is 7.66. The van der Waals surface area contributed by atoms with Crippen LogP contribution in [0.1, 0.15) is 41.3 Å². The maximum Gasteiger partial charge on any atom is 0.262 e. The summed E-state index contributed by atoms with van der Waals surface area (Å²) in [5.74, 6) is 0.745. The number of aromatic nitrogens is 2. The minimum Gasteiger partial charge on any atom is -0.347 e. The van der Waals surface area contributed by atoms with Crippen LogP contribution in [0, 0.1) is 5.92 Å². The highest BCUT2D eigenvalue weighted by Gasteiger charge is 2.29. The second-order valence-electron chi connectivity index (χ2n) is 5.10. The number of carbonyl (C=O) groups is 2. The van der Waals surface area contributed by atoms with Gasteiger partial charge in [0.05, 0.1) is 15.9 Å². The molecule has 3 rings (SSSR count). The molecule has 1 aliphatic carbocycles. The molecular formula is C14H16N4O2S. The lowest BCUT2D eigenvalue weighted by Crippen LogP contribution is -2.26. The number of imidazole rings is 1. The van der Waals surface area contributed by atoms with Crippen LogP contribution in [0.25, 0.3) is 0 Å². The van der Waals surface area contributed by atoms with Crippen molar-refractivity contribution in [2.75, 3.05) is 5.32 Å². The Hall–Kier alpha value is -2.15. The van der Waals surface area contributed by atoms with Crippen molar-refractivity contribution in [2.24, 2.45) is 5.92 Å². The Morgan fingerprint density at radius 2 is 2.24 bits per heavy atom. The lowest BCUT2D eigenvalue weighted by Gasteiger charge is -2.10. The zero-order valence-electron chi connectivity index (χ0n) is 11.6. The van der Waals surface area contributed by atoms with Crippen LogP contribution in [-0.2, 0) is 4.79 Å². The molecule has 6 nitrogen and oxygen atoms in total. The normalized spacial score (nSPS) is 15.5. The summed E-state index contributed by atoms with van der Waals surface area (Å²) in [4.78, 5) is 31.5. The molecule has 0 aromatic carbocycles. The summed E-state index contributed by atoms with van der Waals surface area (Å²) < 4.78 is 0. The van der Waals surface area contributed by atoms with E-state index in [1.165, 1.54) is 11.3 Å². The Labute approximate surface area is 126 Å². The van der Waals surface area contributed by atoms with Gasteiger partial charge in [0.1, 0.15) is 5.82 Å². The lowest BCUT2D eigenvalue weighted by atomic mass is 10.3. The second kappa shape index (κ2) is 5.69. The number of amides is 2. The van der Waals surface area contributed by atoms with Gasteiger partial charge in [-0.25, -0.2) is 4.98 Å². The van der Waals surface area contributed by atoms with E-state index in [4.69, 9.17) is 0 Å². The Balaban J connectivity index is 1.59. The third-order valence-corrected chi connectivity index (χ3v) is 4.30. The van der Waals surface area contributed by atoms with E-state index in [9.17, 15) is 9.59 Å². The summed E-state index contributed by atoms with van der Waals surface area (Å²) in [5, 5.41) is 6.42. The van der Waals surface area contributed by atoms with Crippen molar-refractivity contribution in [2.45, 2.75) is 25.8 Å². The molecule has 2 aromatic heterocycles. The standard InChI is InChI=1S/C14H16N4O2S/c1-8(12-15-6-7-16-12)17-14(20)10-4-5-11(21-10)18-13(19)9-2-3-9/h4-9H,2-3H2,1H3,(H,15,16)(H,17,20)(H,18,19). The highest BCUT2D eigenvalue weighted by Crippen LogP contribution is 2.31. The van der Waals surface area contributed by atoms with Gasteiger partial charge in [0.15, 0.2) is 0 Å². The highest BCUT2D eigenvalue weighted by atomic mass is 32.1. The Bertz CT molecular complexity index is 646. The number of hydrogen-bond donors (Lipinski definition) is 3. The van der Waals surface area contributed by atoms with Gasteiger partial charge in [0.25, 0.3) is 5.91 Å². The number of hydrogen-bond acceptors (Lipinski definition) is 4. The zero-order valence-corrected chi connectivity index (χ0v) is 12.4. The number of nitrogens with one attached hydrogen (secondary N) is 3. The van der Waals surface area contributed by atoms with E-state index in [1.54, 1.807) is 24.5 Å². The molecule has 110 valence electrons. The van der Waals surface area contributed by atoms with Gasteiger partial charge in [0, 0.05) is 18.3 Å². The molecule has 2 aromatic rings. The van der Waals surface area contributed by atoms with Crippen LogP contribution < -0.4 is 10.6 Å². The van der Waals surface area contributed by atoms with Crippen LogP contribution in [0.2, 0.25) is 0 Å². The fourth-order valence-corrected chi connectivity index (χ4v) is 2.76. The van der Waals surface area contributed by atoms with Crippen molar-refractivity contribution in [1.29, 1.82) is 0 Å². The minimum atomic E-state index is -0.195. The molecule has 7 heteroatoms. The number of aromatic amines is 1. The largest absolute Gasteiger partial charge is 0.347 e. The molecule has 3 N–H and O–H groups in total. The summed E-state index contributed by atoms with van der Waals surface area (Å²) in [6, 6.07) is 3.29. The molecule has 1 saturated carbocycles. The maximum absolute atomic E-state index is 12.1. The fraction of sp³-hybridized carbons (Fsp3) is 0.357. The molecule has 0 aliphatic heterocycles. The third kappa shape index (κ3) is 3.30. The molecule has 0 radical (unpaired) electrons. The summed E-state index contributed by atoms with van der Waals surface area (Å²) in [5.41, 5.74) is 0. The topological polar surface area (TPSA) is 86.9 Å². The van der Waals surface area contributed by atoms with Crippen LogP contribution in [0.3, 0.4) is 0 Å². The molecule has 0 saturated heterocycles. The molecule has 1 aliphatic rings. The number of anilines is 1. The average Bonchev–Trinajstić information content (AvgIpc) is 2.99. The van der Waals surface area contributed by atoms with Gasteiger partial charge in [-0.15, -0.1) is 11.3 Å². The number of thiophene rings is 1. The van der Waals surface area contributed by atoms with Crippen LogP contribution >= 0.6 is 11.3 Å². The zero-order chi connectivity index (χ0) is 14.8. The average molecular weight is 304 g/mol. The van der Waals surface area contributed by atoms with Crippen LogP contribution in [0.5, 0.6) is 0 Å². The smallest absolute Gasteiger partial charge is 0.262 e. The van der Waals surface area contributed by atoms with Gasteiger partial charge in [-0.05, 0) is 31.9 Å². The van der Waals surface area contributed by atoms with Gasteiger partial charge in [-0.2, -0.15) is 0 Å². The van der Waals surface area contributed by atoms with Gasteiger partial charge in [-0.3, -0.25) is 9.59 Å². The first-order valence-electron chi connectivity index (χ1n) is 6.84. The molecule has 0 spiro atoms. The molecule has 1 atom stereocenters. The van der Waals surface area contributed by atoms with Crippen LogP contribution in [0.4, 0.5) is 5.00 Å². The van der Waals surface area contributed by atoms with E-state index in [0.29, 0.717) is 15.7 Å².